The van der Waals surface area contributed by atoms with Crippen molar-refractivity contribution >= 4 is 5.69 Å². The summed E-state index contributed by atoms with van der Waals surface area (Å²) in [6.45, 7) is 6.31. The Morgan fingerprint density at radius 1 is 1.46 bits per heavy atom. The third kappa shape index (κ3) is 5.82. The molecule has 0 heterocycles. The molecule has 128 valence electrons. The molecular formula is C19H25N3O2. The average Bonchev–Trinajstić information content (AvgIpc) is 2.59. The molecule has 0 atom stereocenters. The second kappa shape index (κ2) is 10.1. The van der Waals surface area contributed by atoms with Crippen molar-refractivity contribution in [2.24, 2.45) is 5.73 Å². The minimum absolute atomic E-state index is 0.0205. The summed E-state index contributed by atoms with van der Waals surface area (Å²) in [6.07, 6.45) is 8.32. The number of hydrogen-bond acceptors (Lipinski definition) is 5. The lowest BCUT2D eigenvalue weighted by Crippen LogP contribution is -2.06. The summed E-state index contributed by atoms with van der Waals surface area (Å²) in [6, 6.07) is 5.21. The second-order valence-electron chi connectivity index (χ2n) is 5.35. The van der Waals surface area contributed by atoms with Crippen LogP contribution in [0.25, 0.3) is 0 Å². The Morgan fingerprint density at radius 3 is 2.79 bits per heavy atom. The molecule has 0 amide bonds. The Bertz CT molecular complexity index is 670. The molecule has 0 spiro atoms. The number of allylic oxidation sites excluding steroid dienone is 3. The molecule has 0 fully saturated rings. The van der Waals surface area contributed by atoms with Gasteiger partial charge in [0, 0.05) is 23.7 Å². The number of unbranched alkanes of at least 4 members (excludes halogenated alkanes) is 2. The SMILES string of the molecule is C=C/C(=C\C(C#N)=C/CCCC)COc1cc(N)c(O)cc1CN. The van der Waals surface area contributed by atoms with E-state index in [9.17, 15) is 10.4 Å². The van der Waals surface area contributed by atoms with E-state index in [-0.39, 0.29) is 24.6 Å². The van der Waals surface area contributed by atoms with Gasteiger partial charge in [-0.2, -0.15) is 5.26 Å². The van der Waals surface area contributed by atoms with Crippen LogP contribution in [0.2, 0.25) is 0 Å². The molecule has 5 nitrogen and oxygen atoms in total. The number of rotatable bonds is 9. The molecule has 1 rings (SSSR count). The van der Waals surface area contributed by atoms with Gasteiger partial charge in [0.1, 0.15) is 18.1 Å². The highest BCUT2D eigenvalue weighted by Gasteiger charge is 2.08. The van der Waals surface area contributed by atoms with Crippen molar-refractivity contribution in [2.75, 3.05) is 12.3 Å². The number of aromatic hydroxyl groups is 1. The van der Waals surface area contributed by atoms with E-state index >= 15 is 0 Å². The van der Waals surface area contributed by atoms with Crippen molar-refractivity contribution in [3.63, 3.8) is 0 Å². The standard InChI is InChI=1S/C19H25N3O2/c1-3-5-6-7-15(11-20)8-14(4-2)13-24-19-10-17(22)18(23)9-16(19)12-21/h4,7-10,23H,2-3,5-6,12-13,21-22H2,1H3/b14-8+,15-7+. The number of phenols is 1. The van der Waals surface area contributed by atoms with Gasteiger partial charge in [-0.05, 0) is 24.1 Å². The van der Waals surface area contributed by atoms with Crippen LogP contribution in [-0.2, 0) is 6.54 Å². The molecule has 0 bridgehead atoms. The third-order valence-electron chi connectivity index (χ3n) is 3.48. The van der Waals surface area contributed by atoms with Crippen LogP contribution in [-0.4, -0.2) is 11.7 Å². The van der Waals surface area contributed by atoms with E-state index in [1.165, 1.54) is 6.07 Å². The summed E-state index contributed by atoms with van der Waals surface area (Å²) in [5, 5.41) is 18.8. The Balaban J connectivity index is 2.88. The maximum atomic E-state index is 9.63. The molecule has 0 aromatic heterocycles. The fraction of sp³-hybridized carbons (Fsp3) is 0.316. The number of nitriles is 1. The van der Waals surface area contributed by atoms with Gasteiger partial charge < -0.3 is 21.3 Å². The Morgan fingerprint density at radius 2 is 2.21 bits per heavy atom. The van der Waals surface area contributed by atoms with Crippen LogP contribution < -0.4 is 16.2 Å². The normalized spacial score (nSPS) is 11.9. The monoisotopic (exact) mass is 327 g/mol. The van der Waals surface area contributed by atoms with Gasteiger partial charge in [-0.1, -0.05) is 38.5 Å². The highest BCUT2D eigenvalue weighted by molar-refractivity contribution is 5.58. The predicted molar refractivity (Wildman–Crippen MR) is 97.4 cm³/mol. The van der Waals surface area contributed by atoms with Gasteiger partial charge in [-0.25, -0.2) is 0 Å². The van der Waals surface area contributed by atoms with Crippen molar-refractivity contribution in [3.8, 4) is 17.6 Å². The second-order valence-corrected chi connectivity index (χ2v) is 5.35. The fourth-order valence-electron chi connectivity index (χ4n) is 2.04. The van der Waals surface area contributed by atoms with E-state index < -0.39 is 0 Å². The number of benzene rings is 1. The first-order valence-electron chi connectivity index (χ1n) is 7.93. The van der Waals surface area contributed by atoms with E-state index in [0.717, 1.165) is 24.8 Å². The van der Waals surface area contributed by atoms with Crippen molar-refractivity contribution in [1.29, 1.82) is 5.26 Å². The molecule has 1 aromatic rings. The summed E-state index contributed by atoms with van der Waals surface area (Å²) in [5.74, 6) is 0.488. The van der Waals surface area contributed by atoms with Crippen LogP contribution in [0.5, 0.6) is 11.5 Å². The number of hydrogen-bond donors (Lipinski definition) is 3. The van der Waals surface area contributed by atoms with Gasteiger partial charge in [0.25, 0.3) is 0 Å². The average molecular weight is 327 g/mol. The minimum Gasteiger partial charge on any atom is -0.506 e. The molecule has 0 aliphatic heterocycles. The third-order valence-corrected chi connectivity index (χ3v) is 3.48. The topological polar surface area (TPSA) is 105 Å². The molecule has 5 N–H and O–H groups in total. The summed E-state index contributed by atoms with van der Waals surface area (Å²) in [4.78, 5) is 0. The first kappa shape index (κ1) is 19.3. The summed E-state index contributed by atoms with van der Waals surface area (Å²) < 4.78 is 5.74. The zero-order valence-corrected chi connectivity index (χ0v) is 14.1. The number of nitrogen functional groups attached to an aromatic ring is 1. The van der Waals surface area contributed by atoms with Crippen molar-refractivity contribution in [1.82, 2.24) is 0 Å². The molecular weight excluding hydrogens is 302 g/mol. The molecule has 0 unspecified atom stereocenters. The van der Waals surface area contributed by atoms with Crippen molar-refractivity contribution in [2.45, 2.75) is 32.7 Å². The first-order chi connectivity index (χ1) is 11.5. The highest BCUT2D eigenvalue weighted by atomic mass is 16.5. The first-order valence-corrected chi connectivity index (χ1v) is 7.93. The Labute approximate surface area is 143 Å². The van der Waals surface area contributed by atoms with Crippen LogP contribution in [0, 0.1) is 11.3 Å². The van der Waals surface area contributed by atoms with Gasteiger partial charge in [-0.15, -0.1) is 0 Å². The van der Waals surface area contributed by atoms with Crippen LogP contribution in [0.3, 0.4) is 0 Å². The van der Waals surface area contributed by atoms with Crippen molar-refractivity contribution < 1.29 is 9.84 Å². The molecule has 24 heavy (non-hydrogen) atoms. The number of ether oxygens (including phenoxy) is 1. The number of nitrogens with two attached hydrogens (primary N) is 2. The summed E-state index contributed by atoms with van der Waals surface area (Å²) in [5.41, 5.74) is 13.6. The lowest BCUT2D eigenvalue weighted by Gasteiger charge is -2.13. The largest absolute Gasteiger partial charge is 0.506 e. The van der Waals surface area contributed by atoms with Gasteiger partial charge in [0.15, 0.2) is 0 Å². The molecule has 0 aliphatic carbocycles. The van der Waals surface area contributed by atoms with Crippen LogP contribution in [0.15, 0.2) is 48.1 Å². The van der Waals surface area contributed by atoms with Gasteiger partial charge >= 0.3 is 0 Å². The van der Waals surface area contributed by atoms with Gasteiger partial charge in [0.2, 0.25) is 0 Å². The van der Waals surface area contributed by atoms with E-state index in [2.05, 4.69) is 19.6 Å². The lowest BCUT2D eigenvalue weighted by atomic mass is 10.1. The van der Waals surface area contributed by atoms with Crippen LogP contribution in [0.1, 0.15) is 31.7 Å². The Kier molecular flexibility index (Phi) is 8.17. The zero-order valence-electron chi connectivity index (χ0n) is 14.1. The maximum Gasteiger partial charge on any atom is 0.139 e. The number of anilines is 1. The highest BCUT2D eigenvalue weighted by Crippen LogP contribution is 2.30. The fourth-order valence-corrected chi connectivity index (χ4v) is 2.04. The molecule has 5 heteroatoms. The molecule has 1 aromatic carbocycles. The number of phenolic OH excluding ortho intramolecular Hbond substituents is 1. The van der Waals surface area contributed by atoms with E-state index in [0.29, 0.717) is 16.9 Å². The van der Waals surface area contributed by atoms with Crippen LogP contribution >= 0.6 is 0 Å². The molecule has 0 radical (unpaired) electrons. The van der Waals surface area contributed by atoms with E-state index in [4.69, 9.17) is 16.2 Å². The minimum atomic E-state index is -0.0205. The molecule has 0 aliphatic rings. The maximum absolute atomic E-state index is 9.63. The quantitative estimate of drug-likeness (QED) is 0.211. The van der Waals surface area contributed by atoms with Crippen molar-refractivity contribution in [3.05, 3.63) is 53.6 Å². The smallest absolute Gasteiger partial charge is 0.139 e. The number of nitrogens with zero attached hydrogens (tertiary/aromatic N) is 1. The van der Waals surface area contributed by atoms with E-state index in [1.54, 1.807) is 18.2 Å². The van der Waals surface area contributed by atoms with Crippen LogP contribution in [0.4, 0.5) is 5.69 Å². The molecule has 0 saturated heterocycles. The summed E-state index contributed by atoms with van der Waals surface area (Å²) in [7, 11) is 0. The lowest BCUT2D eigenvalue weighted by molar-refractivity contribution is 0.351. The Hall–Kier alpha value is -2.71. The van der Waals surface area contributed by atoms with Gasteiger partial charge in [0.05, 0.1) is 11.8 Å². The van der Waals surface area contributed by atoms with E-state index in [1.807, 2.05) is 6.08 Å². The predicted octanol–water partition coefficient (Wildman–Crippen LogP) is 3.56. The zero-order chi connectivity index (χ0) is 17.9. The molecule has 0 saturated carbocycles. The van der Waals surface area contributed by atoms with Gasteiger partial charge in [-0.3, -0.25) is 0 Å². The summed E-state index contributed by atoms with van der Waals surface area (Å²) >= 11 is 0.